The number of amides is 1. The Hall–Kier alpha value is -1.40. The molecule has 0 unspecified atom stereocenters. The van der Waals surface area contributed by atoms with Crippen molar-refractivity contribution in [2.45, 2.75) is 43.2 Å². The third-order valence-electron chi connectivity index (χ3n) is 4.80. The third-order valence-corrected chi connectivity index (χ3v) is 4.80. The van der Waals surface area contributed by atoms with Gasteiger partial charge in [0.25, 0.3) is 5.91 Å². The molecule has 0 aromatic carbocycles. The van der Waals surface area contributed by atoms with Crippen molar-refractivity contribution in [2.24, 2.45) is 0 Å². The van der Waals surface area contributed by atoms with E-state index < -0.39 is 11.1 Å². The van der Waals surface area contributed by atoms with Crippen molar-refractivity contribution in [3.8, 4) is 0 Å². The lowest BCUT2D eigenvalue weighted by molar-refractivity contribution is -0.152. The molecule has 0 bridgehead atoms. The third kappa shape index (κ3) is 2.03. The van der Waals surface area contributed by atoms with Crippen LogP contribution in [0.1, 0.15) is 32.1 Å². The topological polar surface area (TPSA) is 78.6 Å². The van der Waals surface area contributed by atoms with Crippen LogP contribution < -0.4 is 0 Å². The summed E-state index contributed by atoms with van der Waals surface area (Å²) in [6.07, 6.45) is 7.12. The van der Waals surface area contributed by atoms with Gasteiger partial charge in [-0.05, 0) is 38.2 Å². The quantitative estimate of drug-likeness (QED) is 0.823. The number of rotatable bonds is 3. The van der Waals surface area contributed by atoms with Crippen LogP contribution in [0.3, 0.4) is 0 Å². The lowest BCUT2D eigenvalue weighted by Gasteiger charge is -2.46. The predicted octanol–water partition coefficient (Wildman–Crippen LogP) is 0.108. The van der Waals surface area contributed by atoms with E-state index in [1.165, 1.54) is 0 Å². The molecule has 1 aromatic rings. The fraction of sp³-hybridized carbons (Fsp3) is 0.714. The Morgan fingerprint density at radius 1 is 1.25 bits per heavy atom. The van der Waals surface area contributed by atoms with Gasteiger partial charge in [0.05, 0.1) is 12.2 Å². The van der Waals surface area contributed by atoms with Gasteiger partial charge >= 0.3 is 0 Å². The van der Waals surface area contributed by atoms with Gasteiger partial charge in [-0.2, -0.15) is 5.10 Å². The molecule has 6 nitrogen and oxygen atoms in total. The maximum Gasteiger partial charge on any atom is 0.250 e. The van der Waals surface area contributed by atoms with Gasteiger partial charge in [0.1, 0.15) is 5.54 Å². The van der Waals surface area contributed by atoms with Gasteiger partial charge in [0.15, 0.2) is 0 Å². The van der Waals surface area contributed by atoms with Gasteiger partial charge in [0, 0.05) is 25.5 Å². The van der Waals surface area contributed by atoms with Crippen molar-refractivity contribution in [1.29, 1.82) is 0 Å². The first-order valence-corrected chi connectivity index (χ1v) is 7.22. The molecule has 0 atom stereocenters. The van der Waals surface area contributed by atoms with Crippen LogP contribution in [-0.2, 0) is 10.3 Å². The van der Waals surface area contributed by atoms with E-state index in [0.717, 1.165) is 19.3 Å². The zero-order chi connectivity index (χ0) is 14.2. The second-order valence-corrected chi connectivity index (χ2v) is 6.01. The molecule has 20 heavy (non-hydrogen) atoms. The number of hydrogen-bond donors (Lipinski definition) is 2. The van der Waals surface area contributed by atoms with Gasteiger partial charge < -0.3 is 15.1 Å². The number of aromatic nitrogens is 2. The van der Waals surface area contributed by atoms with Gasteiger partial charge in [-0.15, -0.1) is 0 Å². The van der Waals surface area contributed by atoms with E-state index in [-0.39, 0.29) is 12.5 Å². The van der Waals surface area contributed by atoms with E-state index >= 15 is 0 Å². The zero-order valence-electron chi connectivity index (χ0n) is 11.5. The molecule has 0 spiro atoms. The standard InChI is InChI=1S/C14H21N3O3/c18-11-13(20)5-9-16(10-6-13)12(19)14(3-1-4-14)17-8-2-7-15-17/h2,7-8,18,20H,1,3-6,9-11H2. The molecule has 1 aliphatic heterocycles. The highest BCUT2D eigenvalue weighted by molar-refractivity contribution is 5.85. The molecular weight excluding hydrogens is 258 g/mol. The van der Waals surface area contributed by atoms with Crippen LogP contribution in [0, 0.1) is 0 Å². The molecule has 2 N–H and O–H groups in total. The van der Waals surface area contributed by atoms with Gasteiger partial charge in [-0.25, -0.2) is 0 Å². The predicted molar refractivity (Wildman–Crippen MR) is 71.9 cm³/mol. The minimum Gasteiger partial charge on any atom is -0.393 e. The molecule has 1 amide bonds. The van der Waals surface area contributed by atoms with Gasteiger partial charge in [0.2, 0.25) is 0 Å². The molecule has 0 radical (unpaired) electrons. The molecular formula is C14H21N3O3. The summed E-state index contributed by atoms with van der Waals surface area (Å²) in [4.78, 5) is 14.6. The van der Waals surface area contributed by atoms with E-state index in [2.05, 4.69) is 5.10 Å². The number of aliphatic hydroxyl groups excluding tert-OH is 1. The molecule has 1 saturated heterocycles. The van der Waals surface area contributed by atoms with Crippen molar-refractivity contribution >= 4 is 5.91 Å². The van der Waals surface area contributed by atoms with Crippen molar-refractivity contribution in [3.63, 3.8) is 0 Å². The van der Waals surface area contributed by atoms with E-state index in [0.29, 0.717) is 25.9 Å². The molecule has 1 aliphatic carbocycles. The molecule has 110 valence electrons. The Labute approximate surface area is 118 Å². The SMILES string of the molecule is O=C(N1CCC(O)(CO)CC1)C1(n2cccn2)CCC1. The first kappa shape index (κ1) is 13.6. The first-order chi connectivity index (χ1) is 9.60. The number of nitrogens with zero attached hydrogens (tertiary/aromatic N) is 3. The molecule has 3 rings (SSSR count). The maximum absolute atomic E-state index is 12.8. The summed E-state index contributed by atoms with van der Waals surface area (Å²) in [5.74, 6) is 0.104. The van der Waals surface area contributed by atoms with E-state index in [9.17, 15) is 15.0 Å². The molecule has 2 fully saturated rings. The average molecular weight is 279 g/mol. The van der Waals surface area contributed by atoms with E-state index in [4.69, 9.17) is 0 Å². The fourth-order valence-electron chi connectivity index (χ4n) is 3.15. The lowest BCUT2D eigenvalue weighted by Crippen LogP contribution is -2.58. The van der Waals surface area contributed by atoms with Gasteiger partial charge in [-0.1, -0.05) is 0 Å². The Kier molecular flexibility index (Phi) is 3.30. The normalized spacial score (nSPS) is 24.2. The summed E-state index contributed by atoms with van der Waals surface area (Å²) in [5, 5.41) is 23.5. The van der Waals surface area contributed by atoms with Crippen LogP contribution in [0.25, 0.3) is 0 Å². The summed E-state index contributed by atoms with van der Waals surface area (Å²) in [7, 11) is 0. The number of carbonyl (C=O) groups is 1. The highest BCUT2D eigenvalue weighted by Crippen LogP contribution is 2.41. The van der Waals surface area contributed by atoms with Gasteiger partial charge in [-0.3, -0.25) is 9.48 Å². The smallest absolute Gasteiger partial charge is 0.250 e. The number of carbonyl (C=O) groups excluding carboxylic acids is 1. The van der Waals surface area contributed by atoms with E-state index in [1.807, 2.05) is 17.2 Å². The zero-order valence-corrected chi connectivity index (χ0v) is 11.5. The number of likely N-dealkylation sites (tertiary alicyclic amines) is 1. The minimum absolute atomic E-state index is 0.104. The van der Waals surface area contributed by atoms with Crippen molar-refractivity contribution in [3.05, 3.63) is 18.5 Å². The highest BCUT2D eigenvalue weighted by atomic mass is 16.3. The number of aliphatic hydroxyl groups is 2. The Bertz CT molecular complexity index is 474. The van der Waals surface area contributed by atoms with Crippen LogP contribution in [0.5, 0.6) is 0 Å². The Morgan fingerprint density at radius 2 is 1.95 bits per heavy atom. The van der Waals surface area contributed by atoms with Crippen LogP contribution in [0.2, 0.25) is 0 Å². The van der Waals surface area contributed by atoms with Crippen molar-refractivity contribution in [1.82, 2.24) is 14.7 Å². The summed E-state index contributed by atoms with van der Waals surface area (Å²) in [6.45, 7) is 0.761. The van der Waals surface area contributed by atoms with Crippen LogP contribution >= 0.6 is 0 Å². The van der Waals surface area contributed by atoms with Crippen LogP contribution in [0.15, 0.2) is 18.5 Å². The second kappa shape index (κ2) is 4.86. The van der Waals surface area contributed by atoms with Crippen molar-refractivity contribution < 1.29 is 15.0 Å². The minimum atomic E-state index is -1.02. The number of piperidine rings is 1. The Morgan fingerprint density at radius 3 is 2.40 bits per heavy atom. The molecule has 1 saturated carbocycles. The molecule has 2 aliphatic rings. The number of hydrogen-bond acceptors (Lipinski definition) is 4. The summed E-state index contributed by atoms with van der Waals surface area (Å²) in [5.41, 5.74) is -1.53. The lowest BCUT2D eigenvalue weighted by atomic mass is 9.75. The summed E-state index contributed by atoms with van der Waals surface area (Å²) >= 11 is 0. The first-order valence-electron chi connectivity index (χ1n) is 7.22. The Balaban J connectivity index is 1.73. The summed E-state index contributed by atoms with van der Waals surface area (Å²) in [6, 6.07) is 1.84. The van der Waals surface area contributed by atoms with Crippen LogP contribution in [-0.4, -0.2) is 56.1 Å². The fourth-order valence-corrected chi connectivity index (χ4v) is 3.15. The molecule has 1 aromatic heterocycles. The molecule has 2 heterocycles. The molecule has 6 heteroatoms. The second-order valence-electron chi connectivity index (χ2n) is 6.01. The average Bonchev–Trinajstić information content (AvgIpc) is 2.92. The van der Waals surface area contributed by atoms with Crippen molar-refractivity contribution in [2.75, 3.05) is 19.7 Å². The monoisotopic (exact) mass is 279 g/mol. The van der Waals surface area contributed by atoms with E-state index in [1.54, 1.807) is 10.9 Å². The largest absolute Gasteiger partial charge is 0.393 e. The highest BCUT2D eigenvalue weighted by Gasteiger charge is 2.49. The summed E-state index contributed by atoms with van der Waals surface area (Å²) < 4.78 is 1.78. The maximum atomic E-state index is 12.8. The van der Waals surface area contributed by atoms with Crippen LogP contribution in [0.4, 0.5) is 0 Å².